The fourth-order valence-electron chi connectivity index (χ4n) is 3.82. The van der Waals surface area contributed by atoms with Gasteiger partial charge in [0.05, 0.1) is 24.3 Å². The number of hydrogen-bond acceptors (Lipinski definition) is 8. The fraction of sp³-hybridized carbons (Fsp3) is 0.615. The lowest BCUT2D eigenvalue weighted by Gasteiger charge is -2.30. The normalized spacial score (nSPS) is 18.0. The lowest BCUT2D eigenvalue weighted by molar-refractivity contribution is -0.192. The molecule has 2 N–H and O–H groups in total. The molecule has 0 bridgehead atoms. The van der Waals surface area contributed by atoms with E-state index < -0.39 is 41.7 Å². The van der Waals surface area contributed by atoms with Gasteiger partial charge in [0, 0.05) is 23.5 Å². The lowest BCUT2D eigenvalue weighted by Crippen LogP contribution is -2.51. The maximum Gasteiger partial charge on any atom is 0.326 e. The Kier molecular flexibility index (Phi) is 11.2. The van der Waals surface area contributed by atoms with E-state index in [4.69, 9.17) is 32.7 Å². The highest BCUT2D eigenvalue weighted by Gasteiger charge is 2.34. The van der Waals surface area contributed by atoms with Gasteiger partial charge in [-0.05, 0) is 63.3 Å². The van der Waals surface area contributed by atoms with Crippen LogP contribution in [0.1, 0.15) is 59.9 Å². The second kappa shape index (κ2) is 13.4. The Morgan fingerprint density at radius 1 is 1.11 bits per heavy atom. The van der Waals surface area contributed by atoms with Gasteiger partial charge in [-0.1, -0.05) is 37.0 Å². The molecule has 0 spiro atoms. The van der Waals surface area contributed by atoms with E-state index in [2.05, 4.69) is 10.3 Å². The van der Waals surface area contributed by atoms with E-state index in [0.29, 0.717) is 29.6 Å². The van der Waals surface area contributed by atoms with E-state index >= 15 is 0 Å². The second-order valence-electron chi connectivity index (χ2n) is 10.7. The van der Waals surface area contributed by atoms with Gasteiger partial charge in [0.25, 0.3) is 0 Å². The molecule has 1 heterocycles. The van der Waals surface area contributed by atoms with Gasteiger partial charge in [-0.2, -0.15) is 0 Å². The molecule has 1 aliphatic heterocycles. The third-order valence-electron chi connectivity index (χ3n) is 5.67. The standard InChI is InChI=1S/C26H37Cl2N3O6/c1-15(2)7-21(23(32)33)30-22(24(34)36-16(3)37-25(35)26(4,5)6)11-20-12-29-14-31(20)13-17-8-18(27)10-19(28)9-17/h8-10,14-16,20-22,30H,7,11-13H2,1-6H3,(H,32,33). The number of esters is 2. The van der Waals surface area contributed by atoms with Crippen LogP contribution in [0.2, 0.25) is 10.0 Å². The molecular formula is C26H37Cl2N3O6. The van der Waals surface area contributed by atoms with Crippen molar-refractivity contribution in [1.29, 1.82) is 0 Å². The summed E-state index contributed by atoms with van der Waals surface area (Å²) in [6, 6.07) is 3.08. The third-order valence-corrected chi connectivity index (χ3v) is 6.11. The van der Waals surface area contributed by atoms with Crippen LogP contribution in [0.15, 0.2) is 23.2 Å². The van der Waals surface area contributed by atoms with Gasteiger partial charge in [-0.3, -0.25) is 24.7 Å². The SMILES string of the molecule is CC(C)CC(NC(CC1CN=CN1Cc1cc(Cl)cc(Cl)c1)C(=O)OC(C)OC(=O)C(C)(C)C)C(=O)O. The largest absolute Gasteiger partial charge is 0.480 e. The van der Waals surface area contributed by atoms with Crippen LogP contribution < -0.4 is 5.32 Å². The number of aliphatic carboxylic acids is 1. The summed E-state index contributed by atoms with van der Waals surface area (Å²) in [6.07, 6.45) is 1.09. The predicted molar refractivity (Wildman–Crippen MR) is 143 cm³/mol. The van der Waals surface area contributed by atoms with Gasteiger partial charge in [-0.25, -0.2) is 0 Å². The molecule has 1 aromatic rings. The Bertz CT molecular complexity index is 975. The second-order valence-corrected chi connectivity index (χ2v) is 11.6. The molecule has 1 aliphatic rings. The van der Waals surface area contributed by atoms with Crippen molar-refractivity contribution < 1.29 is 29.0 Å². The van der Waals surface area contributed by atoms with Gasteiger partial charge >= 0.3 is 17.9 Å². The number of nitrogens with zero attached hydrogens (tertiary/aromatic N) is 2. The highest BCUT2D eigenvalue weighted by molar-refractivity contribution is 6.34. The smallest absolute Gasteiger partial charge is 0.326 e. The first kappa shape index (κ1) is 30.9. The highest BCUT2D eigenvalue weighted by atomic mass is 35.5. The van der Waals surface area contributed by atoms with E-state index in [1.165, 1.54) is 6.92 Å². The Labute approximate surface area is 228 Å². The predicted octanol–water partition coefficient (Wildman–Crippen LogP) is 4.53. The number of aliphatic imine (C=N–C) groups is 1. The van der Waals surface area contributed by atoms with Crippen LogP contribution in [-0.4, -0.2) is 65.2 Å². The molecule has 0 saturated heterocycles. The van der Waals surface area contributed by atoms with E-state index in [-0.39, 0.29) is 18.4 Å². The molecule has 2 rings (SSSR count). The molecular weight excluding hydrogens is 521 g/mol. The first-order valence-corrected chi connectivity index (χ1v) is 13.0. The van der Waals surface area contributed by atoms with Gasteiger partial charge in [0.15, 0.2) is 0 Å². The van der Waals surface area contributed by atoms with Crippen LogP contribution in [0, 0.1) is 11.3 Å². The van der Waals surface area contributed by atoms with Crippen LogP contribution in [-0.2, 0) is 30.4 Å². The number of carbonyl (C=O) groups is 3. The van der Waals surface area contributed by atoms with Crippen LogP contribution in [0.4, 0.5) is 0 Å². The molecule has 1 aromatic carbocycles. The van der Waals surface area contributed by atoms with Crippen molar-refractivity contribution in [2.75, 3.05) is 6.54 Å². The number of nitrogens with one attached hydrogen (secondary N) is 1. The van der Waals surface area contributed by atoms with Crippen molar-refractivity contribution in [2.24, 2.45) is 16.3 Å². The summed E-state index contributed by atoms with van der Waals surface area (Å²) in [5.41, 5.74) is 0.100. The Hall–Kier alpha value is -2.36. The zero-order valence-corrected chi connectivity index (χ0v) is 23.7. The molecule has 37 heavy (non-hydrogen) atoms. The molecule has 0 saturated carbocycles. The first-order valence-electron chi connectivity index (χ1n) is 12.3. The van der Waals surface area contributed by atoms with Crippen LogP contribution in [0.3, 0.4) is 0 Å². The molecule has 206 valence electrons. The first-order chi connectivity index (χ1) is 17.1. The summed E-state index contributed by atoms with van der Waals surface area (Å²) >= 11 is 12.3. The maximum absolute atomic E-state index is 13.2. The third kappa shape index (κ3) is 10.1. The zero-order chi connectivity index (χ0) is 27.9. The minimum Gasteiger partial charge on any atom is -0.480 e. The number of halogens is 2. The molecule has 0 radical (unpaired) electrons. The Morgan fingerprint density at radius 3 is 2.27 bits per heavy atom. The lowest BCUT2D eigenvalue weighted by atomic mass is 9.97. The van der Waals surface area contributed by atoms with Gasteiger partial charge < -0.3 is 19.5 Å². The molecule has 0 fully saturated rings. The molecule has 0 amide bonds. The average molecular weight is 559 g/mol. The summed E-state index contributed by atoms with van der Waals surface area (Å²) < 4.78 is 10.7. The Balaban J connectivity index is 2.19. The van der Waals surface area contributed by atoms with Crippen LogP contribution in [0.25, 0.3) is 0 Å². The minimum atomic E-state index is -1.14. The highest BCUT2D eigenvalue weighted by Crippen LogP contribution is 2.23. The van der Waals surface area contributed by atoms with E-state index in [0.717, 1.165) is 5.56 Å². The van der Waals surface area contributed by atoms with Crippen LogP contribution >= 0.6 is 23.2 Å². The summed E-state index contributed by atoms with van der Waals surface area (Å²) in [5.74, 6) is -2.21. The maximum atomic E-state index is 13.2. The monoisotopic (exact) mass is 557 g/mol. The van der Waals surface area contributed by atoms with Gasteiger partial charge in [-0.15, -0.1) is 0 Å². The number of carbonyl (C=O) groups excluding carboxylic acids is 2. The van der Waals surface area contributed by atoms with Crippen molar-refractivity contribution in [1.82, 2.24) is 10.2 Å². The quantitative estimate of drug-likeness (QED) is 0.284. The topological polar surface area (TPSA) is 118 Å². The molecule has 0 aliphatic carbocycles. The summed E-state index contributed by atoms with van der Waals surface area (Å²) in [6.45, 7) is 11.2. The van der Waals surface area contributed by atoms with Crippen molar-refractivity contribution >= 4 is 47.4 Å². The van der Waals surface area contributed by atoms with E-state index in [1.807, 2.05) is 18.7 Å². The van der Waals surface area contributed by atoms with Crippen molar-refractivity contribution in [3.8, 4) is 0 Å². The number of carboxylic acid groups (broad SMARTS) is 1. The summed E-state index contributed by atoms with van der Waals surface area (Å²) in [5, 5.41) is 13.7. The fourth-order valence-corrected chi connectivity index (χ4v) is 4.39. The van der Waals surface area contributed by atoms with Gasteiger partial charge in [0.2, 0.25) is 6.29 Å². The number of benzene rings is 1. The Morgan fingerprint density at radius 2 is 1.73 bits per heavy atom. The summed E-state index contributed by atoms with van der Waals surface area (Å²) in [4.78, 5) is 43.7. The summed E-state index contributed by atoms with van der Waals surface area (Å²) in [7, 11) is 0. The van der Waals surface area contributed by atoms with Gasteiger partial charge in [0.1, 0.15) is 12.1 Å². The molecule has 9 nitrogen and oxygen atoms in total. The molecule has 11 heteroatoms. The number of carboxylic acids is 1. The zero-order valence-electron chi connectivity index (χ0n) is 22.2. The number of ether oxygens (including phenoxy) is 2. The van der Waals surface area contributed by atoms with Crippen molar-refractivity contribution in [3.05, 3.63) is 33.8 Å². The number of hydrogen-bond donors (Lipinski definition) is 2. The van der Waals surface area contributed by atoms with Crippen molar-refractivity contribution in [2.45, 2.75) is 85.3 Å². The van der Waals surface area contributed by atoms with E-state index in [9.17, 15) is 19.5 Å². The average Bonchev–Trinajstić information content (AvgIpc) is 3.17. The van der Waals surface area contributed by atoms with Crippen LogP contribution in [0.5, 0.6) is 0 Å². The van der Waals surface area contributed by atoms with E-state index in [1.54, 1.807) is 45.3 Å². The molecule has 0 aromatic heterocycles. The number of rotatable bonds is 12. The van der Waals surface area contributed by atoms with Crippen molar-refractivity contribution in [3.63, 3.8) is 0 Å². The molecule has 4 atom stereocenters. The minimum absolute atomic E-state index is 0.0795. The molecule has 4 unspecified atom stereocenters.